The highest BCUT2D eigenvalue weighted by Crippen LogP contribution is 2.40. The van der Waals surface area contributed by atoms with Gasteiger partial charge in [0.15, 0.2) is 0 Å². The van der Waals surface area contributed by atoms with E-state index in [1.54, 1.807) is 6.08 Å². The highest BCUT2D eigenvalue weighted by atomic mass is 19.1. The number of allylic oxidation sites excluding steroid dienone is 4. The molecule has 0 fully saturated rings. The summed E-state index contributed by atoms with van der Waals surface area (Å²) >= 11 is 0. The molecule has 11 heavy (non-hydrogen) atoms. The maximum absolute atomic E-state index is 13.0. The van der Waals surface area contributed by atoms with Gasteiger partial charge in [0.25, 0.3) is 0 Å². The lowest BCUT2D eigenvalue weighted by Gasteiger charge is -2.33. The molecule has 0 radical (unpaired) electrons. The van der Waals surface area contributed by atoms with Gasteiger partial charge in [0.2, 0.25) is 0 Å². The van der Waals surface area contributed by atoms with Crippen LogP contribution in [0.3, 0.4) is 0 Å². The van der Waals surface area contributed by atoms with E-state index in [4.69, 9.17) is 0 Å². The molecule has 0 aromatic rings. The van der Waals surface area contributed by atoms with Crippen LogP contribution in [-0.2, 0) is 0 Å². The van der Waals surface area contributed by atoms with Crippen LogP contribution >= 0.6 is 0 Å². The first-order valence-electron chi connectivity index (χ1n) is 4.01. The summed E-state index contributed by atoms with van der Waals surface area (Å²) in [7, 11) is 0. The second-order valence-corrected chi connectivity index (χ2v) is 3.84. The topological polar surface area (TPSA) is 0 Å². The van der Waals surface area contributed by atoms with Gasteiger partial charge in [0.05, 0.1) is 0 Å². The average Bonchev–Trinajstić information content (AvgIpc) is 1.95. The van der Waals surface area contributed by atoms with E-state index in [2.05, 4.69) is 20.8 Å². The molecule has 1 heteroatoms. The van der Waals surface area contributed by atoms with E-state index in [0.29, 0.717) is 5.92 Å². The zero-order valence-electron chi connectivity index (χ0n) is 7.61. The molecule has 0 saturated carbocycles. The molecule has 0 aromatic heterocycles. The van der Waals surface area contributed by atoms with E-state index >= 15 is 0 Å². The van der Waals surface area contributed by atoms with Crippen molar-refractivity contribution in [3.05, 3.63) is 23.6 Å². The Hall–Kier alpha value is -0.590. The van der Waals surface area contributed by atoms with E-state index in [0.717, 1.165) is 5.57 Å². The van der Waals surface area contributed by atoms with Crippen molar-refractivity contribution in [3.8, 4) is 0 Å². The minimum Gasteiger partial charge on any atom is -0.207 e. The summed E-state index contributed by atoms with van der Waals surface area (Å²) in [6.45, 7) is 8.15. The Kier molecular flexibility index (Phi) is 1.91. The summed E-state index contributed by atoms with van der Waals surface area (Å²) in [5, 5.41) is 0. The average molecular weight is 154 g/mol. The van der Waals surface area contributed by atoms with Crippen LogP contribution in [-0.4, -0.2) is 0 Å². The van der Waals surface area contributed by atoms with Gasteiger partial charge in [0, 0.05) is 0 Å². The standard InChI is InChI=1S/C10H15F/c1-7-5-6-9(11)8(2)10(7,3)4/h5-7H,1-4H3. The van der Waals surface area contributed by atoms with Crippen LogP contribution in [0.1, 0.15) is 27.7 Å². The van der Waals surface area contributed by atoms with Crippen molar-refractivity contribution in [2.24, 2.45) is 11.3 Å². The SMILES string of the molecule is CC1=C(F)C=CC(C)C1(C)C. The van der Waals surface area contributed by atoms with Gasteiger partial charge >= 0.3 is 0 Å². The molecule has 0 spiro atoms. The number of rotatable bonds is 0. The predicted molar refractivity (Wildman–Crippen MR) is 45.9 cm³/mol. The predicted octanol–water partition coefficient (Wildman–Crippen LogP) is 3.46. The molecular formula is C10H15F. The number of hydrogen-bond donors (Lipinski definition) is 0. The first-order valence-corrected chi connectivity index (χ1v) is 4.01. The molecular weight excluding hydrogens is 139 g/mol. The van der Waals surface area contributed by atoms with Crippen molar-refractivity contribution in [2.75, 3.05) is 0 Å². The summed E-state index contributed by atoms with van der Waals surface area (Å²) in [5.74, 6) is 0.370. The molecule has 0 N–H and O–H groups in total. The van der Waals surface area contributed by atoms with Crippen LogP contribution in [0.2, 0.25) is 0 Å². The minimum atomic E-state index is -0.0619. The zero-order chi connectivity index (χ0) is 8.65. The first-order chi connectivity index (χ1) is 4.96. The van der Waals surface area contributed by atoms with Gasteiger partial charge in [-0.1, -0.05) is 26.8 Å². The molecule has 1 rings (SSSR count). The van der Waals surface area contributed by atoms with Crippen LogP contribution in [0.25, 0.3) is 0 Å². The first kappa shape index (κ1) is 8.51. The third-order valence-electron chi connectivity index (χ3n) is 2.99. The summed E-state index contributed by atoms with van der Waals surface area (Å²) in [5.41, 5.74) is 0.853. The smallest absolute Gasteiger partial charge is 0.122 e. The largest absolute Gasteiger partial charge is 0.207 e. The molecule has 62 valence electrons. The fraction of sp³-hybridized carbons (Fsp3) is 0.600. The third-order valence-corrected chi connectivity index (χ3v) is 2.99. The van der Waals surface area contributed by atoms with E-state index in [9.17, 15) is 4.39 Å². The second-order valence-electron chi connectivity index (χ2n) is 3.84. The van der Waals surface area contributed by atoms with Gasteiger partial charge in [-0.2, -0.15) is 0 Å². The van der Waals surface area contributed by atoms with Gasteiger partial charge in [-0.25, -0.2) is 4.39 Å². The molecule has 0 bridgehead atoms. The van der Waals surface area contributed by atoms with Crippen molar-refractivity contribution >= 4 is 0 Å². The molecule has 0 heterocycles. The molecule has 0 nitrogen and oxygen atoms in total. The fourth-order valence-corrected chi connectivity index (χ4v) is 1.24. The van der Waals surface area contributed by atoms with Crippen LogP contribution in [0, 0.1) is 11.3 Å². The summed E-state index contributed by atoms with van der Waals surface area (Å²) in [6.07, 6.45) is 3.51. The monoisotopic (exact) mass is 154 g/mol. The van der Waals surface area contributed by atoms with E-state index < -0.39 is 0 Å². The van der Waals surface area contributed by atoms with Gasteiger partial charge in [0.1, 0.15) is 5.83 Å². The second kappa shape index (κ2) is 2.47. The summed E-state index contributed by atoms with van der Waals surface area (Å²) < 4.78 is 13.0. The summed E-state index contributed by atoms with van der Waals surface area (Å²) in [6, 6.07) is 0. The Bertz CT molecular complexity index is 221. The molecule has 0 amide bonds. The molecule has 0 aromatic carbocycles. The van der Waals surface area contributed by atoms with Crippen LogP contribution in [0.4, 0.5) is 4.39 Å². The zero-order valence-corrected chi connectivity index (χ0v) is 7.61. The van der Waals surface area contributed by atoms with Gasteiger partial charge in [-0.15, -0.1) is 0 Å². The molecule has 1 aliphatic carbocycles. The Balaban J connectivity index is 3.07. The lowest BCUT2D eigenvalue weighted by molar-refractivity contribution is 0.324. The Morgan fingerprint density at radius 1 is 1.45 bits per heavy atom. The highest BCUT2D eigenvalue weighted by molar-refractivity contribution is 5.29. The quantitative estimate of drug-likeness (QED) is 0.501. The molecule has 1 atom stereocenters. The minimum absolute atomic E-state index is 0.0150. The lowest BCUT2D eigenvalue weighted by atomic mass is 9.71. The third kappa shape index (κ3) is 1.24. The molecule has 0 saturated heterocycles. The van der Waals surface area contributed by atoms with E-state index in [1.165, 1.54) is 0 Å². The van der Waals surface area contributed by atoms with Crippen molar-refractivity contribution in [3.63, 3.8) is 0 Å². The molecule has 1 unspecified atom stereocenters. The Morgan fingerprint density at radius 2 is 2.00 bits per heavy atom. The Labute approximate surface area is 67.8 Å². The maximum Gasteiger partial charge on any atom is 0.122 e. The van der Waals surface area contributed by atoms with Crippen LogP contribution in [0.15, 0.2) is 23.6 Å². The van der Waals surface area contributed by atoms with E-state index in [1.807, 2.05) is 13.0 Å². The summed E-state index contributed by atoms with van der Waals surface area (Å²) in [4.78, 5) is 0. The van der Waals surface area contributed by atoms with Crippen molar-refractivity contribution in [1.82, 2.24) is 0 Å². The molecule has 0 aliphatic heterocycles. The Morgan fingerprint density at radius 3 is 2.45 bits per heavy atom. The van der Waals surface area contributed by atoms with Crippen LogP contribution < -0.4 is 0 Å². The van der Waals surface area contributed by atoms with Crippen LogP contribution in [0.5, 0.6) is 0 Å². The van der Waals surface area contributed by atoms with E-state index in [-0.39, 0.29) is 11.2 Å². The van der Waals surface area contributed by atoms with Gasteiger partial charge < -0.3 is 0 Å². The molecule has 1 aliphatic rings. The van der Waals surface area contributed by atoms with Crippen molar-refractivity contribution < 1.29 is 4.39 Å². The maximum atomic E-state index is 13.0. The highest BCUT2D eigenvalue weighted by Gasteiger charge is 2.30. The van der Waals surface area contributed by atoms with Crippen molar-refractivity contribution in [2.45, 2.75) is 27.7 Å². The van der Waals surface area contributed by atoms with Gasteiger partial charge in [-0.3, -0.25) is 0 Å². The van der Waals surface area contributed by atoms with Crippen molar-refractivity contribution in [1.29, 1.82) is 0 Å². The number of hydrogen-bond acceptors (Lipinski definition) is 0. The number of halogens is 1. The lowest BCUT2D eigenvalue weighted by Crippen LogP contribution is -2.24. The normalized spacial score (nSPS) is 29.4. The van der Waals surface area contributed by atoms with Gasteiger partial charge in [-0.05, 0) is 29.9 Å². The fourth-order valence-electron chi connectivity index (χ4n) is 1.24.